The van der Waals surface area contributed by atoms with E-state index in [2.05, 4.69) is 39.8 Å². The zero-order valence-electron chi connectivity index (χ0n) is 6.56. The third-order valence-corrected chi connectivity index (χ3v) is 2.25. The summed E-state index contributed by atoms with van der Waals surface area (Å²) < 4.78 is 0. The first-order valence-corrected chi connectivity index (χ1v) is 3.96. The van der Waals surface area contributed by atoms with Crippen molar-refractivity contribution in [2.45, 2.75) is 27.7 Å². The molecule has 0 spiro atoms. The Morgan fingerprint density at radius 1 is 1.00 bits per heavy atom. The van der Waals surface area contributed by atoms with Crippen molar-refractivity contribution in [2.75, 3.05) is 0 Å². The predicted octanol–water partition coefficient (Wildman–Crippen LogP) is 3.57. The quantitative estimate of drug-likeness (QED) is 0.568. The van der Waals surface area contributed by atoms with Crippen LogP contribution in [0.1, 0.15) is 27.7 Å². The van der Waals surface area contributed by atoms with Crippen LogP contribution in [-0.4, -0.2) is 0 Å². The van der Waals surface area contributed by atoms with Gasteiger partial charge in [-0.15, -0.1) is 11.8 Å². The Kier molecular flexibility index (Phi) is 4.60. The minimum absolute atomic E-state index is 1.37. The Labute approximate surface area is 62.0 Å². The molecule has 0 heterocycles. The summed E-state index contributed by atoms with van der Waals surface area (Å²) in [6, 6.07) is 0. The van der Waals surface area contributed by atoms with Crippen molar-refractivity contribution in [1.29, 1.82) is 0 Å². The van der Waals surface area contributed by atoms with Crippen molar-refractivity contribution in [2.24, 2.45) is 0 Å². The molecule has 0 bridgehead atoms. The molecule has 0 atom stereocenters. The van der Waals surface area contributed by atoms with Gasteiger partial charge in [0, 0.05) is 0 Å². The van der Waals surface area contributed by atoms with Crippen LogP contribution in [0.2, 0.25) is 0 Å². The Morgan fingerprint density at radius 3 is 1.56 bits per heavy atom. The fourth-order valence-electron chi connectivity index (χ4n) is 0.372. The maximum atomic E-state index is 2.12. The Hall–Kier alpha value is -0.170. The van der Waals surface area contributed by atoms with Gasteiger partial charge in [0.15, 0.2) is 0 Å². The summed E-state index contributed by atoms with van der Waals surface area (Å²) in [5, 5.41) is 0. The molecule has 0 radical (unpaired) electrons. The van der Waals surface area contributed by atoms with Crippen molar-refractivity contribution < 1.29 is 0 Å². The molecule has 52 valence electrons. The molecule has 0 aliphatic rings. The summed E-state index contributed by atoms with van der Waals surface area (Å²) in [7, 11) is 0. The van der Waals surface area contributed by atoms with Gasteiger partial charge in [-0.25, -0.2) is 0 Å². The first kappa shape index (κ1) is 8.83. The SMILES string of the molecule is C/C=C(\C)S/C(C)=C/C. The molecule has 0 N–H and O–H groups in total. The molecule has 0 nitrogen and oxygen atoms in total. The average Bonchev–Trinajstić information content (AvgIpc) is 1.87. The van der Waals surface area contributed by atoms with E-state index in [1.54, 1.807) is 0 Å². The van der Waals surface area contributed by atoms with Crippen LogP contribution in [0.3, 0.4) is 0 Å². The largest absolute Gasteiger partial charge is 0.100 e. The lowest BCUT2D eigenvalue weighted by molar-refractivity contribution is 1.56. The van der Waals surface area contributed by atoms with Crippen LogP contribution in [0.15, 0.2) is 22.0 Å². The molecular formula is C8H14S. The van der Waals surface area contributed by atoms with E-state index in [-0.39, 0.29) is 0 Å². The maximum Gasteiger partial charge on any atom is -0.0180 e. The number of hydrogen-bond donors (Lipinski definition) is 0. The van der Waals surface area contributed by atoms with Crippen LogP contribution < -0.4 is 0 Å². The lowest BCUT2D eigenvalue weighted by Crippen LogP contribution is -1.66. The van der Waals surface area contributed by atoms with Gasteiger partial charge in [-0.2, -0.15) is 0 Å². The maximum absolute atomic E-state index is 2.12. The molecule has 9 heavy (non-hydrogen) atoms. The van der Waals surface area contributed by atoms with Crippen molar-refractivity contribution in [3.63, 3.8) is 0 Å². The average molecular weight is 142 g/mol. The van der Waals surface area contributed by atoms with Crippen LogP contribution in [-0.2, 0) is 0 Å². The van der Waals surface area contributed by atoms with Crippen LogP contribution in [0.25, 0.3) is 0 Å². The number of allylic oxidation sites excluding steroid dienone is 4. The highest BCUT2D eigenvalue weighted by molar-refractivity contribution is 8.06. The van der Waals surface area contributed by atoms with Crippen molar-refractivity contribution in [3.05, 3.63) is 22.0 Å². The number of rotatable bonds is 2. The highest BCUT2D eigenvalue weighted by atomic mass is 32.2. The Bertz CT molecular complexity index is 116. The number of hydrogen-bond acceptors (Lipinski definition) is 1. The summed E-state index contributed by atoms with van der Waals surface area (Å²) in [5.41, 5.74) is 0. The smallest absolute Gasteiger partial charge is 0.0180 e. The third kappa shape index (κ3) is 4.34. The molecule has 0 aliphatic carbocycles. The van der Waals surface area contributed by atoms with Gasteiger partial charge in [0.2, 0.25) is 0 Å². The van der Waals surface area contributed by atoms with Crippen LogP contribution in [0.4, 0.5) is 0 Å². The van der Waals surface area contributed by atoms with Crippen molar-refractivity contribution >= 4 is 11.8 Å². The summed E-state index contributed by atoms with van der Waals surface area (Å²) in [4.78, 5) is 2.73. The molecule has 0 rings (SSSR count). The van der Waals surface area contributed by atoms with Gasteiger partial charge < -0.3 is 0 Å². The van der Waals surface area contributed by atoms with Gasteiger partial charge in [-0.3, -0.25) is 0 Å². The van der Waals surface area contributed by atoms with Crippen LogP contribution in [0.5, 0.6) is 0 Å². The molecule has 0 saturated heterocycles. The molecular weight excluding hydrogens is 128 g/mol. The zero-order chi connectivity index (χ0) is 7.28. The van der Waals surface area contributed by atoms with E-state index in [9.17, 15) is 0 Å². The second kappa shape index (κ2) is 4.68. The van der Waals surface area contributed by atoms with E-state index in [1.807, 2.05) is 11.8 Å². The van der Waals surface area contributed by atoms with E-state index < -0.39 is 0 Å². The van der Waals surface area contributed by atoms with Crippen LogP contribution in [0, 0.1) is 0 Å². The van der Waals surface area contributed by atoms with Crippen molar-refractivity contribution in [1.82, 2.24) is 0 Å². The molecule has 0 fully saturated rings. The second-order valence-electron chi connectivity index (χ2n) is 1.90. The molecule has 0 unspecified atom stereocenters. The van der Waals surface area contributed by atoms with E-state index in [0.29, 0.717) is 0 Å². The third-order valence-electron chi connectivity index (χ3n) is 1.14. The Morgan fingerprint density at radius 2 is 1.33 bits per heavy atom. The molecule has 0 amide bonds. The fourth-order valence-corrected chi connectivity index (χ4v) is 1.12. The van der Waals surface area contributed by atoms with E-state index >= 15 is 0 Å². The zero-order valence-corrected chi connectivity index (χ0v) is 7.38. The second-order valence-corrected chi connectivity index (χ2v) is 3.39. The molecule has 0 aliphatic heterocycles. The molecule has 0 aromatic heterocycles. The number of thioether (sulfide) groups is 1. The normalized spacial score (nSPS) is 14.2. The standard InChI is InChI=1S/C8H14S/c1-5-7(3)9-8(4)6-2/h5-6H,1-4H3/b7-5+,8-6+. The van der Waals surface area contributed by atoms with Gasteiger partial charge in [-0.05, 0) is 37.5 Å². The highest BCUT2D eigenvalue weighted by Crippen LogP contribution is 2.23. The lowest BCUT2D eigenvalue weighted by atomic mass is 10.6. The van der Waals surface area contributed by atoms with E-state index in [4.69, 9.17) is 0 Å². The summed E-state index contributed by atoms with van der Waals surface area (Å²) in [6.45, 7) is 8.37. The molecule has 0 saturated carbocycles. The van der Waals surface area contributed by atoms with Gasteiger partial charge in [-0.1, -0.05) is 12.2 Å². The molecule has 0 aromatic rings. The first-order chi connectivity index (χ1) is 4.20. The minimum Gasteiger partial charge on any atom is -0.100 e. The van der Waals surface area contributed by atoms with E-state index in [1.165, 1.54) is 9.81 Å². The summed E-state index contributed by atoms with van der Waals surface area (Å²) >= 11 is 1.82. The van der Waals surface area contributed by atoms with Gasteiger partial charge in [0.1, 0.15) is 0 Å². The molecule has 0 aromatic carbocycles. The minimum atomic E-state index is 1.37. The van der Waals surface area contributed by atoms with Gasteiger partial charge in [0.05, 0.1) is 0 Å². The predicted molar refractivity (Wildman–Crippen MR) is 46.5 cm³/mol. The fraction of sp³-hybridized carbons (Fsp3) is 0.500. The van der Waals surface area contributed by atoms with Crippen molar-refractivity contribution in [3.8, 4) is 0 Å². The Balaban J connectivity index is 3.75. The van der Waals surface area contributed by atoms with E-state index in [0.717, 1.165) is 0 Å². The summed E-state index contributed by atoms with van der Waals surface area (Å²) in [5.74, 6) is 0. The first-order valence-electron chi connectivity index (χ1n) is 3.14. The van der Waals surface area contributed by atoms with Crippen LogP contribution >= 0.6 is 11.8 Å². The molecule has 1 heteroatoms. The lowest BCUT2D eigenvalue weighted by Gasteiger charge is -1.97. The highest BCUT2D eigenvalue weighted by Gasteiger charge is 1.88. The van der Waals surface area contributed by atoms with Gasteiger partial charge >= 0.3 is 0 Å². The monoisotopic (exact) mass is 142 g/mol. The topological polar surface area (TPSA) is 0 Å². The summed E-state index contributed by atoms with van der Waals surface area (Å²) in [6.07, 6.45) is 4.25. The van der Waals surface area contributed by atoms with Gasteiger partial charge in [0.25, 0.3) is 0 Å².